The highest BCUT2D eigenvalue weighted by molar-refractivity contribution is 5.43. The van der Waals surface area contributed by atoms with Crippen LogP contribution in [0.3, 0.4) is 0 Å². The molecular weight excluding hydrogens is 221 g/mol. The molecule has 3 N–H and O–H groups in total. The molecule has 1 aromatic heterocycles. The number of ether oxygens (including phenoxy) is 1. The van der Waals surface area contributed by atoms with E-state index in [1.54, 1.807) is 24.4 Å². The Balaban J connectivity index is 2.27. The third-order valence-corrected chi connectivity index (χ3v) is 2.26. The summed E-state index contributed by atoms with van der Waals surface area (Å²) >= 11 is 0. The largest absolute Gasteiger partial charge is 0.457 e. The number of hydrogen-bond acceptors (Lipinski definition) is 4. The second-order valence-corrected chi connectivity index (χ2v) is 3.53. The van der Waals surface area contributed by atoms with Crippen molar-refractivity contribution in [3.8, 4) is 11.5 Å². The number of benzene rings is 1. The molecule has 0 unspecified atom stereocenters. The van der Waals surface area contributed by atoms with E-state index >= 15 is 0 Å². The Kier molecular flexibility index (Phi) is 3.20. The minimum absolute atomic E-state index is 0.336. The van der Waals surface area contributed by atoms with Crippen LogP contribution in [0.4, 0.5) is 10.2 Å². The molecule has 0 saturated heterocycles. The van der Waals surface area contributed by atoms with Gasteiger partial charge >= 0.3 is 0 Å². The Morgan fingerprint density at radius 1 is 1.29 bits per heavy atom. The summed E-state index contributed by atoms with van der Waals surface area (Å²) in [4.78, 5) is 3.95. The molecule has 17 heavy (non-hydrogen) atoms. The van der Waals surface area contributed by atoms with Crippen LogP contribution < -0.4 is 16.0 Å². The van der Waals surface area contributed by atoms with Crippen molar-refractivity contribution in [1.82, 2.24) is 4.98 Å². The minimum atomic E-state index is -0.336. The van der Waals surface area contributed by atoms with Crippen LogP contribution in [-0.2, 0) is 0 Å². The van der Waals surface area contributed by atoms with Gasteiger partial charge in [-0.25, -0.2) is 15.2 Å². The molecule has 0 amide bonds. The number of hydrazine groups is 1. The van der Waals surface area contributed by atoms with E-state index in [0.29, 0.717) is 17.3 Å². The van der Waals surface area contributed by atoms with Crippen molar-refractivity contribution in [2.45, 2.75) is 6.92 Å². The Labute approximate surface area is 98.2 Å². The third-order valence-electron chi connectivity index (χ3n) is 2.26. The van der Waals surface area contributed by atoms with Crippen molar-refractivity contribution in [2.75, 3.05) is 5.43 Å². The molecule has 5 heteroatoms. The number of aryl methyl sites for hydroxylation is 1. The number of pyridine rings is 1. The normalized spacial score (nSPS) is 10.1. The van der Waals surface area contributed by atoms with Crippen LogP contribution in [0.2, 0.25) is 0 Å². The maximum absolute atomic E-state index is 13.1. The molecule has 2 aromatic rings. The average Bonchev–Trinajstić information content (AvgIpc) is 2.34. The van der Waals surface area contributed by atoms with E-state index in [9.17, 15) is 4.39 Å². The molecule has 0 saturated carbocycles. The molecule has 4 nitrogen and oxygen atoms in total. The van der Waals surface area contributed by atoms with E-state index < -0.39 is 0 Å². The first-order valence-electron chi connectivity index (χ1n) is 5.06. The minimum Gasteiger partial charge on any atom is -0.457 e. The number of nitrogen functional groups attached to an aromatic ring is 1. The fourth-order valence-corrected chi connectivity index (χ4v) is 1.36. The Bertz CT molecular complexity index is 531. The Hall–Kier alpha value is -2.14. The summed E-state index contributed by atoms with van der Waals surface area (Å²) in [5.74, 6) is 6.40. The fraction of sp³-hybridized carbons (Fsp3) is 0.0833. The summed E-state index contributed by atoms with van der Waals surface area (Å²) in [6, 6.07) is 7.69. The molecule has 0 spiro atoms. The van der Waals surface area contributed by atoms with Crippen LogP contribution in [0.25, 0.3) is 0 Å². The highest BCUT2D eigenvalue weighted by Gasteiger charge is 2.04. The zero-order valence-corrected chi connectivity index (χ0v) is 9.27. The molecule has 0 aliphatic carbocycles. The molecule has 2 rings (SSSR count). The number of halogens is 1. The van der Waals surface area contributed by atoms with Crippen LogP contribution in [-0.4, -0.2) is 4.98 Å². The van der Waals surface area contributed by atoms with E-state index in [-0.39, 0.29) is 5.82 Å². The third kappa shape index (κ3) is 2.70. The summed E-state index contributed by atoms with van der Waals surface area (Å²) in [5.41, 5.74) is 3.27. The monoisotopic (exact) mass is 233 g/mol. The van der Waals surface area contributed by atoms with Crippen molar-refractivity contribution in [3.05, 3.63) is 47.9 Å². The van der Waals surface area contributed by atoms with Gasteiger partial charge in [-0.3, -0.25) is 0 Å². The molecule has 0 aliphatic heterocycles. The second kappa shape index (κ2) is 4.80. The van der Waals surface area contributed by atoms with E-state index in [1.165, 1.54) is 12.1 Å². The summed E-state index contributed by atoms with van der Waals surface area (Å²) in [7, 11) is 0. The number of nitrogens with one attached hydrogen (secondary N) is 1. The van der Waals surface area contributed by atoms with Gasteiger partial charge in [-0.05, 0) is 24.6 Å². The van der Waals surface area contributed by atoms with Gasteiger partial charge in [0.2, 0.25) is 0 Å². The Morgan fingerprint density at radius 2 is 2.12 bits per heavy atom. The molecule has 0 aliphatic rings. The summed E-state index contributed by atoms with van der Waals surface area (Å²) < 4.78 is 18.6. The fourth-order valence-electron chi connectivity index (χ4n) is 1.36. The maximum atomic E-state index is 13.1. The Morgan fingerprint density at radius 3 is 2.88 bits per heavy atom. The lowest BCUT2D eigenvalue weighted by atomic mass is 10.2. The van der Waals surface area contributed by atoms with Gasteiger partial charge in [0.15, 0.2) is 0 Å². The topological polar surface area (TPSA) is 60.2 Å². The first kappa shape index (κ1) is 11.3. The number of nitrogens with two attached hydrogens (primary N) is 1. The summed E-state index contributed by atoms with van der Waals surface area (Å²) in [5, 5.41) is 0. The highest BCUT2D eigenvalue weighted by atomic mass is 19.1. The lowest BCUT2D eigenvalue weighted by Crippen LogP contribution is -2.08. The zero-order chi connectivity index (χ0) is 12.3. The smallest absolute Gasteiger partial charge is 0.143 e. The van der Waals surface area contributed by atoms with Crippen LogP contribution in [0, 0.1) is 12.7 Å². The highest BCUT2D eigenvalue weighted by Crippen LogP contribution is 2.26. The number of hydrogen-bond donors (Lipinski definition) is 2. The second-order valence-electron chi connectivity index (χ2n) is 3.53. The van der Waals surface area contributed by atoms with Gasteiger partial charge in [-0.2, -0.15) is 0 Å². The summed E-state index contributed by atoms with van der Waals surface area (Å²) in [6.07, 6.45) is 1.55. The van der Waals surface area contributed by atoms with E-state index in [1.807, 2.05) is 6.92 Å². The molecule has 1 aromatic carbocycles. The van der Waals surface area contributed by atoms with Gasteiger partial charge in [-0.15, -0.1) is 0 Å². The quantitative estimate of drug-likeness (QED) is 0.632. The number of nitrogens with zero attached hydrogens (tertiary/aromatic N) is 1. The van der Waals surface area contributed by atoms with E-state index in [4.69, 9.17) is 10.6 Å². The number of rotatable bonds is 3. The van der Waals surface area contributed by atoms with E-state index in [0.717, 1.165) is 5.56 Å². The van der Waals surface area contributed by atoms with Crippen LogP contribution in [0.1, 0.15) is 5.56 Å². The zero-order valence-electron chi connectivity index (χ0n) is 9.27. The number of aromatic nitrogens is 1. The predicted octanol–water partition coefficient (Wildman–Crippen LogP) is 2.61. The van der Waals surface area contributed by atoms with Crippen LogP contribution in [0.5, 0.6) is 11.5 Å². The lowest BCUT2D eigenvalue weighted by Gasteiger charge is -2.09. The van der Waals surface area contributed by atoms with Gasteiger partial charge in [0, 0.05) is 18.3 Å². The van der Waals surface area contributed by atoms with Crippen LogP contribution >= 0.6 is 0 Å². The first-order valence-corrected chi connectivity index (χ1v) is 5.06. The first-order chi connectivity index (χ1) is 8.19. The van der Waals surface area contributed by atoms with Gasteiger partial charge in [0.25, 0.3) is 0 Å². The lowest BCUT2D eigenvalue weighted by molar-refractivity contribution is 0.472. The SMILES string of the molecule is Cc1ccc(F)cc1Oc1ccnc(NN)c1. The van der Waals surface area contributed by atoms with Gasteiger partial charge in [0.05, 0.1) is 0 Å². The van der Waals surface area contributed by atoms with Crippen molar-refractivity contribution in [3.63, 3.8) is 0 Å². The predicted molar refractivity (Wildman–Crippen MR) is 63.3 cm³/mol. The summed E-state index contributed by atoms with van der Waals surface area (Å²) in [6.45, 7) is 1.85. The molecule has 0 bridgehead atoms. The maximum Gasteiger partial charge on any atom is 0.143 e. The van der Waals surface area contributed by atoms with E-state index in [2.05, 4.69) is 10.4 Å². The van der Waals surface area contributed by atoms with Crippen molar-refractivity contribution < 1.29 is 9.13 Å². The average molecular weight is 233 g/mol. The molecular formula is C12H12FN3O. The van der Waals surface area contributed by atoms with Crippen molar-refractivity contribution >= 4 is 5.82 Å². The molecule has 0 atom stereocenters. The molecule has 1 heterocycles. The molecule has 0 fully saturated rings. The number of anilines is 1. The van der Waals surface area contributed by atoms with Crippen LogP contribution in [0.15, 0.2) is 36.5 Å². The molecule has 88 valence electrons. The van der Waals surface area contributed by atoms with Gasteiger partial charge in [-0.1, -0.05) is 6.07 Å². The van der Waals surface area contributed by atoms with Crippen molar-refractivity contribution in [2.24, 2.45) is 5.84 Å². The molecule has 0 radical (unpaired) electrons. The van der Waals surface area contributed by atoms with Gasteiger partial charge in [0.1, 0.15) is 23.1 Å². The van der Waals surface area contributed by atoms with Gasteiger partial charge < -0.3 is 10.2 Å². The standard InChI is InChI=1S/C12H12FN3O/c1-8-2-3-9(13)6-11(8)17-10-4-5-15-12(7-10)16-14/h2-7H,14H2,1H3,(H,15,16). The van der Waals surface area contributed by atoms with Crippen molar-refractivity contribution in [1.29, 1.82) is 0 Å².